The number of imidazole rings is 1. The second kappa shape index (κ2) is 6.02. The van der Waals surface area contributed by atoms with Crippen LogP contribution in [0.15, 0.2) is 54.6 Å². The summed E-state index contributed by atoms with van der Waals surface area (Å²) < 4.78 is 2.03. The molecular formula is C18H18N2O2. The van der Waals surface area contributed by atoms with E-state index in [9.17, 15) is 9.90 Å². The molecule has 1 atom stereocenters. The van der Waals surface area contributed by atoms with Crippen molar-refractivity contribution in [1.29, 1.82) is 0 Å². The van der Waals surface area contributed by atoms with Gasteiger partial charge < -0.3 is 9.67 Å². The molecule has 0 unspecified atom stereocenters. The number of carboxylic acid groups (broad SMARTS) is 1. The van der Waals surface area contributed by atoms with Crippen LogP contribution in [-0.2, 0) is 17.8 Å². The first kappa shape index (κ1) is 14.3. The van der Waals surface area contributed by atoms with E-state index in [1.165, 1.54) is 5.56 Å². The van der Waals surface area contributed by atoms with E-state index in [-0.39, 0.29) is 0 Å². The van der Waals surface area contributed by atoms with E-state index in [0.29, 0.717) is 13.0 Å². The van der Waals surface area contributed by atoms with Crippen molar-refractivity contribution in [2.75, 3.05) is 0 Å². The van der Waals surface area contributed by atoms with Gasteiger partial charge in [-0.1, -0.05) is 49.4 Å². The highest BCUT2D eigenvalue weighted by Gasteiger charge is 2.17. The van der Waals surface area contributed by atoms with Gasteiger partial charge in [0.05, 0.1) is 17.0 Å². The van der Waals surface area contributed by atoms with E-state index in [1.807, 2.05) is 47.0 Å². The van der Waals surface area contributed by atoms with Crippen LogP contribution in [0.2, 0.25) is 0 Å². The highest BCUT2D eigenvalue weighted by molar-refractivity contribution is 5.76. The normalized spacial score (nSPS) is 12.4. The topological polar surface area (TPSA) is 55.1 Å². The van der Waals surface area contributed by atoms with Crippen molar-refractivity contribution in [3.8, 4) is 0 Å². The average molecular weight is 294 g/mol. The van der Waals surface area contributed by atoms with Crippen LogP contribution in [0.4, 0.5) is 0 Å². The zero-order valence-corrected chi connectivity index (χ0v) is 12.4. The number of para-hydroxylation sites is 2. The molecule has 0 spiro atoms. The summed E-state index contributed by atoms with van der Waals surface area (Å²) in [5.41, 5.74) is 3.06. The lowest BCUT2D eigenvalue weighted by Crippen LogP contribution is -2.18. The first-order valence-electron chi connectivity index (χ1n) is 7.36. The molecular weight excluding hydrogens is 276 g/mol. The molecule has 4 nitrogen and oxygen atoms in total. The minimum absolute atomic E-state index is 0.429. The Hall–Kier alpha value is -2.62. The Balaban J connectivity index is 2.02. The van der Waals surface area contributed by atoms with Gasteiger partial charge in [0.1, 0.15) is 5.82 Å². The summed E-state index contributed by atoms with van der Waals surface area (Å²) in [5.74, 6) is -0.337. The standard InChI is InChI=1S/C18H18N2O2/c1-13(18(21)22)12-20-16-10-6-5-9-15(16)19-17(20)11-14-7-3-2-4-8-14/h2-10,13H,11-12H2,1H3,(H,21,22)/t13-/m0/s1. The maximum Gasteiger partial charge on any atom is 0.308 e. The lowest BCUT2D eigenvalue weighted by molar-refractivity contribution is -0.141. The monoisotopic (exact) mass is 294 g/mol. The van der Waals surface area contributed by atoms with E-state index in [2.05, 4.69) is 12.1 Å². The van der Waals surface area contributed by atoms with Crippen molar-refractivity contribution in [3.63, 3.8) is 0 Å². The molecule has 1 aromatic heterocycles. The third-order valence-electron chi connectivity index (χ3n) is 3.82. The molecule has 2 aromatic carbocycles. The summed E-state index contributed by atoms with van der Waals surface area (Å²) >= 11 is 0. The van der Waals surface area contributed by atoms with Gasteiger partial charge in [-0.3, -0.25) is 4.79 Å². The molecule has 22 heavy (non-hydrogen) atoms. The fourth-order valence-corrected chi connectivity index (χ4v) is 2.59. The molecule has 3 aromatic rings. The third kappa shape index (κ3) is 2.86. The molecule has 0 bridgehead atoms. The van der Waals surface area contributed by atoms with E-state index in [1.54, 1.807) is 6.92 Å². The second-order valence-corrected chi connectivity index (χ2v) is 5.53. The summed E-state index contributed by atoms with van der Waals surface area (Å²) in [6, 6.07) is 18.0. The minimum atomic E-state index is -0.788. The lowest BCUT2D eigenvalue weighted by Gasteiger charge is -2.12. The average Bonchev–Trinajstić information content (AvgIpc) is 2.86. The molecule has 0 aliphatic carbocycles. The third-order valence-corrected chi connectivity index (χ3v) is 3.82. The van der Waals surface area contributed by atoms with Crippen LogP contribution in [0.1, 0.15) is 18.3 Å². The van der Waals surface area contributed by atoms with Gasteiger partial charge in [0.2, 0.25) is 0 Å². The number of hydrogen-bond acceptors (Lipinski definition) is 2. The van der Waals surface area contributed by atoms with Gasteiger partial charge in [0.15, 0.2) is 0 Å². The fraction of sp³-hybridized carbons (Fsp3) is 0.222. The zero-order chi connectivity index (χ0) is 15.5. The first-order chi connectivity index (χ1) is 10.6. The Bertz CT molecular complexity index is 793. The quantitative estimate of drug-likeness (QED) is 0.785. The van der Waals surface area contributed by atoms with Crippen molar-refractivity contribution in [3.05, 3.63) is 66.0 Å². The van der Waals surface area contributed by atoms with Gasteiger partial charge in [-0.15, -0.1) is 0 Å². The van der Waals surface area contributed by atoms with Crippen LogP contribution in [0, 0.1) is 5.92 Å². The summed E-state index contributed by atoms with van der Waals surface area (Å²) in [4.78, 5) is 15.9. The molecule has 0 aliphatic heterocycles. The van der Waals surface area contributed by atoms with Crippen LogP contribution in [0.25, 0.3) is 11.0 Å². The van der Waals surface area contributed by atoms with Crippen LogP contribution >= 0.6 is 0 Å². The molecule has 0 amide bonds. The number of carboxylic acids is 1. The molecule has 0 saturated carbocycles. The Morgan fingerprint density at radius 2 is 1.82 bits per heavy atom. The van der Waals surface area contributed by atoms with Crippen LogP contribution in [-0.4, -0.2) is 20.6 Å². The molecule has 112 valence electrons. The summed E-state index contributed by atoms with van der Waals surface area (Å²) in [6.07, 6.45) is 0.696. The van der Waals surface area contributed by atoms with Crippen LogP contribution in [0.3, 0.4) is 0 Å². The highest BCUT2D eigenvalue weighted by atomic mass is 16.4. The number of rotatable bonds is 5. The molecule has 3 rings (SSSR count). The number of nitrogens with zero attached hydrogens (tertiary/aromatic N) is 2. The van der Waals surface area contributed by atoms with Gasteiger partial charge in [0.25, 0.3) is 0 Å². The largest absolute Gasteiger partial charge is 0.481 e. The molecule has 0 saturated heterocycles. The molecule has 0 radical (unpaired) electrons. The zero-order valence-electron chi connectivity index (χ0n) is 12.4. The minimum Gasteiger partial charge on any atom is -0.481 e. The molecule has 1 heterocycles. The number of hydrogen-bond donors (Lipinski definition) is 1. The van der Waals surface area contributed by atoms with Crippen LogP contribution < -0.4 is 0 Å². The summed E-state index contributed by atoms with van der Waals surface area (Å²) in [6.45, 7) is 2.15. The number of aromatic nitrogens is 2. The highest BCUT2D eigenvalue weighted by Crippen LogP contribution is 2.20. The maximum absolute atomic E-state index is 11.2. The van der Waals surface area contributed by atoms with Crippen LogP contribution in [0.5, 0.6) is 0 Å². The Morgan fingerprint density at radius 3 is 2.55 bits per heavy atom. The van der Waals surface area contributed by atoms with Gasteiger partial charge >= 0.3 is 5.97 Å². The lowest BCUT2D eigenvalue weighted by atomic mass is 10.1. The molecule has 0 aliphatic rings. The molecule has 1 N–H and O–H groups in total. The van der Waals surface area contributed by atoms with E-state index in [4.69, 9.17) is 4.98 Å². The predicted octanol–water partition coefficient (Wildman–Crippen LogP) is 3.35. The van der Waals surface area contributed by atoms with Crippen molar-refractivity contribution in [1.82, 2.24) is 9.55 Å². The van der Waals surface area contributed by atoms with E-state index < -0.39 is 11.9 Å². The van der Waals surface area contributed by atoms with Crippen molar-refractivity contribution >= 4 is 17.0 Å². The van der Waals surface area contributed by atoms with Crippen molar-refractivity contribution in [2.45, 2.75) is 19.9 Å². The van der Waals surface area contributed by atoms with Crippen molar-refractivity contribution in [2.24, 2.45) is 5.92 Å². The predicted molar refractivity (Wildman–Crippen MR) is 85.8 cm³/mol. The summed E-state index contributed by atoms with van der Waals surface area (Å²) in [7, 11) is 0. The summed E-state index contributed by atoms with van der Waals surface area (Å²) in [5, 5.41) is 9.20. The van der Waals surface area contributed by atoms with Gasteiger partial charge in [-0.25, -0.2) is 4.98 Å². The van der Waals surface area contributed by atoms with Gasteiger partial charge in [-0.2, -0.15) is 0 Å². The molecule has 0 fully saturated rings. The van der Waals surface area contributed by atoms with E-state index in [0.717, 1.165) is 16.9 Å². The molecule has 4 heteroatoms. The number of carbonyl (C=O) groups is 1. The smallest absolute Gasteiger partial charge is 0.308 e. The van der Waals surface area contributed by atoms with Gasteiger partial charge in [0, 0.05) is 13.0 Å². The Labute approximate surface area is 129 Å². The second-order valence-electron chi connectivity index (χ2n) is 5.53. The number of aliphatic carboxylic acids is 1. The Kier molecular flexibility index (Phi) is 3.92. The number of fused-ring (bicyclic) bond motifs is 1. The first-order valence-corrected chi connectivity index (χ1v) is 7.36. The van der Waals surface area contributed by atoms with Gasteiger partial charge in [-0.05, 0) is 17.7 Å². The maximum atomic E-state index is 11.2. The number of benzene rings is 2. The van der Waals surface area contributed by atoms with Crippen molar-refractivity contribution < 1.29 is 9.90 Å². The fourth-order valence-electron chi connectivity index (χ4n) is 2.59. The van der Waals surface area contributed by atoms with E-state index >= 15 is 0 Å². The SMILES string of the molecule is C[C@@H](Cn1c(Cc2ccccc2)nc2ccccc21)C(=O)O. The Morgan fingerprint density at radius 1 is 1.14 bits per heavy atom.